The summed E-state index contributed by atoms with van der Waals surface area (Å²) in [5.74, 6) is 0. The summed E-state index contributed by atoms with van der Waals surface area (Å²) in [6.07, 6.45) is 6.91. The quantitative estimate of drug-likeness (QED) is 0.515. The lowest BCUT2D eigenvalue weighted by molar-refractivity contribution is -0.671. The lowest BCUT2D eigenvalue weighted by Crippen LogP contribution is -2.31. The topological polar surface area (TPSA) is 60.5 Å². The number of fused-ring (bicyclic) bond motifs is 2. The molecule has 0 radical (unpaired) electrons. The zero-order valence-corrected chi connectivity index (χ0v) is 14.3. The van der Waals surface area contributed by atoms with Crippen molar-refractivity contribution in [2.75, 3.05) is 0 Å². The summed E-state index contributed by atoms with van der Waals surface area (Å²) in [6.45, 7) is 4.31. The number of hydrogen-bond acceptors (Lipinski definition) is 3. The minimum atomic E-state index is -0.0632. The molecule has 0 saturated carbocycles. The van der Waals surface area contributed by atoms with Crippen molar-refractivity contribution < 1.29 is 4.57 Å². The second kappa shape index (κ2) is 5.17. The van der Waals surface area contributed by atoms with Crippen molar-refractivity contribution >= 4 is 22.6 Å². The molecule has 4 aromatic heterocycles. The maximum Gasteiger partial charge on any atom is 0.313 e. The number of halogens is 1. The predicted octanol–water partition coefficient (Wildman–Crippen LogP) is 1.29. The first kappa shape index (κ1) is 14.9. The largest absolute Gasteiger partial charge is 0.313 e. The summed E-state index contributed by atoms with van der Waals surface area (Å²) in [6, 6.07) is 1.88. The van der Waals surface area contributed by atoms with Crippen LogP contribution in [-0.2, 0) is 13.6 Å². The lowest BCUT2D eigenvalue weighted by atomic mass is 10.2. The SMILES string of the molecule is Cc1c(Cn2cnn3ccc(C)c3c2=O)cn2nc[n+](C)c(Cl)c12. The second-order valence-electron chi connectivity index (χ2n) is 5.96. The van der Waals surface area contributed by atoms with Gasteiger partial charge in [-0.15, -0.1) is 4.52 Å². The van der Waals surface area contributed by atoms with E-state index in [1.54, 1.807) is 37.0 Å². The van der Waals surface area contributed by atoms with Crippen LogP contribution in [0.5, 0.6) is 0 Å². The molecule has 0 aliphatic carbocycles. The van der Waals surface area contributed by atoms with Gasteiger partial charge in [0.25, 0.3) is 5.56 Å². The van der Waals surface area contributed by atoms with Crippen LogP contribution in [0.2, 0.25) is 5.15 Å². The number of hydrogen-bond donors (Lipinski definition) is 0. The van der Waals surface area contributed by atoms with Crippen LogP contribution in [0.3, 0.4) is 0 Å². The van der Waals surface area contributed by atoms with Crippen molar-refractivity contribution in [2.24, 2.45) is 7.05 Å². The molecule has 4 aromatic rings. The van der Waals surface area contributed by atoms with Gasteiger partial charge in [0.1, 0.15) is 17.4 Å². The van der Waals surface area contributed by atoms with E-state index in [4.69, 9.17) is 11.6 Å². The molecule has 0 aromatic carbocycles. The fraction of sp³-hybridized carbons (Fsp3) is 0.250. The summed E-state index contributed by atoms with van der Waals surface area (Å²) in [5.41, 5.74) is 4.28. The van der Waals surface area contributed by atoms with Gasteiger partial charge in [-0.05, 0) is 48.2 Å². The van der Waals surface area contributed by atoms with Gasteiger partial charge in [-0.2, -0.15) is 5.10 Å². The maximum absolute atomic E-state index is 12.7. The fourth-order valence-electron chi connectivity index (χ4n) is 2.97. The van der Waals surface area contributed by atoms with Crippen LogP contribution in [0.4, 0.5) is 0 Å². The van der Waals surface area contributed by atoms with E-state index in [9.17, 15) is 4.79 Å². The van der Waals surface area contributed by atoms with Gasteiger partial charge < -0.3 is 0 Å². The Hall–Kier alpha value is -2.67. The van der Waals surface area contributed by atoms with E-state index in [-0.39, 0.29) is 5.56 Å². The third-order valence-electron chi connectivity index (χ3n) is 4.39. The number of nitrogens with zero attached hydrogens (tertiary/aromatic N) is 6. The molecule has 0 aliphatic heterocycles. The lowest BCUT2D eigenvalue weighted by Gasteiger charge is -2.05. The van der Waals surface area contributed by atoms with Crippen LogP contribution in [0.1, 0.15) is 16.7 Å². The standard InChI is InChI=1S/C16H16ClN6O/c1-10-4-5-22-13(10)16(24)21(9-19-22)6-12-7-23-14(11(12)2)15(17)20(3)8-18-23/h4-5,7-9H,6H2,1-3H3/q+1. The minimum absolute atomic E-state index is 0.0632. The van der Waals surface area contributed by atoms with Gasteiger partial charge in [0, 0.05) is 6.20 Å². The molecule has 0 unspecified atom stereocenters. The Morgan fingerprint density at radius 1 is 1.21 bits per heavy atom. The summed E-state index contributed by atoms with van der Waals surface area (Å²) in [7, 11) is 1.85. The first-order chi connectivity index (χ1) is 11.5. The average Bonchev–Trinajstić information content (AvgIpc) is 3.08. The summed E-state index contributed by atoms with van der Waals surface area (Å²) >= 11 is 6.38. The smallest absolute Gasteiger partial charge is 0.291 e. The first-order valence-corrected chi connectivity index (χ1v) is 7.89. The molecule has 7 nitrogen and oxygen atoms in total. The highest BCUT2D eigenvalue weighted by Crippen LogP contribution is 2.22. The first-order valence-electron chi connectivity index (χ1n) is 7.51. The molecular weight excluding hydrogens is 328 g/mol. The Kier molecular flexibility index (Phi) is 3.21. The van der Waals surface area contributed by atoms with E-state index >= 15 is 0 Å². The molecule has 0 bridgehead atoms. The van der Waals surface area contributed by atoms with Gasteiger partial charge in [-0.3, -0.25) is 9.36 Å². The highest BCUT2D eigenvalue weighted by Gasteiger charge is 2.18. The monoisotopic (exact) mass is 343 g/mol. The van der Waals surface area contributed by atoms with E-state index < -0.39 is 0 Å². The Balaban J connectivity index is 1.87. The summed E-state index contributed by atoms with van der Waals surface area (Å²) in [4.78, 5) is 12.7. The van der Waals surface area contributed by atoms with Crippen LogP contribution >= 0.6 is 11.6 Å². The summed E-state index contributed by atoms with van der Waals surface area (Å²) in [5, 5.41) is 9.24. The van der Waals surface area contributed by atoms with E-state index in [0.717, 1.165) is 22.2 Å². The van der Waals surface area contributed by atoms with Crippen LogP contribution in [0, 0.1) is 13.8 Å². The molecule has 0 aliphatic rings. The number of aryl methyl sites for hydroxylation is 3. The molecule has 4 heterocycles. The Morgan fingerprint density at radius 3 is 2.79 bits per heavy atom. The van der Waals surface area contributed by atoms with Crippen molar-refractivity contribution in [2.45, 2.75) is 20.4 Å². The minimum Gasteiger partial charge on any atom is -0.291 e. The Bertz CT molecular complexity index is 1150. The van der Waals surface area contributed by atoms with E-state index in [2.05, 4.69) is 10.2 Å². The fourth-order valence-corrected chi connectivity index (χ4v) is 3.24. The molecule has 8 heteroatoms. The highest BCUT2D eigenvalue weighted by molar-refractivity contribution is 6.31. The maximum atomic E-state index is 12.7. The van der Waals surface area contributed by atoms with Gasteiger partial charge in [-0.1, -0.05) is 0 Å². The van der Waals surface area contributed by atoms with Crippen LogP contribution < -0.4 is 10.1 Å². The predicted molar refractivity (Wildman–Crippen MR) is 89.4 cm³/mol. The normalized spacial score (nSPS) is 11.7. The molecule has 24 heavy (non-hydrogen) atoms. The molecular formula is C16H16ClN6O+. The number of aromatic nitrogens is 6. The van der Waals surface area contributed by atoms with Crippen LogP contribution in [0.15, 0.2) is 35.9 Å². The molecule has 0 saturated heterocycles. The summed E-state index contributed by atoms with van der Waals surface area (Å²) < 4.78 is 6.72. The molecule has 4 rings (SSSR count). The van der Waals surface area contributed by atoms with Crippen molar-refractivity contribution in [3.05, 3.63) is 63.3 Å². The molecule has 0 amide bonds. The molecule has 0 N–H and O–H groups in total. The molecule has 0 fully saturated rings. The Labute approximate surface area is 142 Å². The molecule has 0 atom stereocenters. The van der Waals surface area contributed by atoms with Gasteiger partial charge in [0.2, 0.25) is 5.15 Å². The van der Waals surface area contributed by atoms with Crippen LogP contribution in [-0.4, -0.2) is 23.8 Å². The van der Waals surface area contributed by atoms with E-state index in [0.29, 0.717) is 17.2 Å². The number of rotatable bonds is 2. The Morgan fingerprint density at radius 2 is 2.00 bits per heavy atom. The third kappa shape index (κ3) is 2.05. The van der Waals surface area contributed by atoms with E-state index in [1.165, 1.54) is 0 Å². The van der Waals surface area contributed by atoms with Crippen molar-refractivity contribution in [3.8, 4) is 0 Å². The second-order valence-corrected chi connectivity index (χ2v) is 6.32. The highest BCUT2D eigenvalue weighted by atomic mass is 35.5. The van der Waals surface area contributed by atoms with Gasteiger partial charge >= 0.3 is 6.33 Å². The van der Waals surface area contributed by atoms with Gasteiger partial charge in [0.15, 0.2) is 0 Å². The average molecular weight is 344 g/mol. The van der Waals surface area contributed by atoms with Gasteiger partial charge in [-0.25, -0.2) is 9.08 Å². The molecule has 122 valence electrons. The third-order valence-corrected chi connectivity index (χ3v) is 4.83. The van der Waals surface area contributed by atoms with Gasteiger partial charge in [0.05, 0.1) is 24.9 Å². The van der Waals surface area contributed by atoms with Crippen molar-refractivity contribution in [1.29, 1.82) is 0 Å². The zero-order chi connectivity index (χ0) is 17.0. The van der Waals surface area contributed by atoms with Crippen molar-refractivity contribution in [1.82, 2.24) is 23.8 Å². The van der Waals surface area contributed by atoms with E-state index in [1.807, 2.05) is 33.2 Å². The van der Waals surface area contributed by atoms with Crippen molar-refractivity contribution in [3.63, 3.8) is 0 Å². The van der Waals surface area contributed by atoms with Crippen LogP contribution in [0.25, 0.3) is 11.0 Å². The zero-order valence-electron chi connectivity index (χ0n) is 13.6. The molecule has 0 spiro atoms.